The number of nitrogens with zero attached hydrogens (tertiary/aromatic N) is 5. The third-order valence-electron chi connectivity index (χ3n) is 5.30. The van der Waals surface area contributed by atoms with Crippen LogP contribution in [-0.2, 0) is 4.79 Å². The number of aromatic nitrogens is 5. The van der Waals surface area contributed by atoms with Gasteiger partial charge in [-0.1, -0.05) is 59.3 Å². The van der Waals surface area contributed by atoms with Crippen molar-refractivity contribution in [2.24, 2.45) is 0 Å². The van der Waals surface area contributed by atoms with Gasteiger partial charge < -0.3 is 5.32 Å². The van der Waals surface area contributed by atoms with Gasteiger partial charge in [0.05, 0.1) is 11.4 Å². The van der Waals surface area contributed by atoms with Crippen LogP contribution in [0.3, 0.4) is 0 Å². The Morgan fingerprint density at radius 2 is 1.55 bits per heavy atom. The first-order valence-electron chi connectivity index (χ1n) is 10.9. The van der Waals surface area contributed by atoms with Gasteiger partial charge in [-0.3, -0.25) is 9.36 Å². The lowest BCUT2D eigenvalue weighted by molar-refractivity contribution is -0.115. The Kier molecular flexibility index (Phi) is 6.65. The summed E-state index contributed by atoms with van der Waals surface area (Å²) in [6, 6.07) is 18.4. The first-order chi connectivity index (χ1) is 15.8. The highest BCUT2D eigenvalue weighted by molar-refractivity contribution is 8.00. The van der Waals surface area contributed by atoms with Crippen molar-refractivity contribution < 1.29 is 4.79 Å². The van der Waals surface area contributed by atoms with E-state index in [1.54, 1.807) is 16.9 Å². The molecule has 0 radical (unpaired) electrons. The van der Waals surface area contributed by atoms with E-state index in [1.165, 1.54) is 22.9 Å². The van der Waals surface area contributed by atoms with Gasteiger partial charge in [-0.2, -0.15) is 5.10 Å². The van der Waals surface area contributed by atoms with Crippen molar-refractivity contribution in [1.82, 2.24) is 24.5 Å². The quantitative estimate of drug-likeness (QED) is 0.371. The number of benzene rings is 2. The predicted octanol–water partition coefficient (Wildman–Crippen LogP) is 5.45. The summed E-state index contributed by atoms with van der Waals surface area (Å²) in [5.74, 6) is 1.31. The number of aryl methyl sites for hydroxylation is 2. The average Bonchev–Trinajstić information content (AvgIpc) is 3.42. The van der Waals surface area contributed by atoms with E-state index in [0.29, 0.717) is 11.0 Å². The van der Waals surface area contributed by atoms with Crippen LogP contribution >= 0.6 is 11.8 Å². The summed E-state index contributed by atoms with van der Waals surface area (Å²) in [5.41, 5.74) is 4.28. The summed E-state index contributed by atoms with van der Waals surface area (Å²) in [7, 11) is 0. The lowest BCUT2D eigenvalue weighted by Gasteiger charge is -2.16. The number of amides is 1. The molecule has 1 amide bonds. The highest BCUT2D eigenvalue weighted by atomic mass is 32.2. The molecule has 8 heteroatoms. The zero-order valence-electron chi connectivity index (χ0n) is 19.5. The van der Waals surface area contributed by atoms with Crippen molar-refractivity contribution in [3.05, 3.63) is 71.9 Å². The molecule has 1 unspecified atom stereocenters. The normalized spacial score (nSPS) is 12.2. The van der Waals surface area contributed by atoms with Crippen molar-refractivity contribution in [1.29, 1.82) is 0 Å². The van der Waals surface area contributed by atoms with Crippen LogP contribution in [0.15, 0.2) is 66.0 Å². The lowest BCUT2D eigenvalue weighted by Crippen LogP contribution is -2.25. The summed E-state index contributed by atoms with van der Waals surface area (Å²) >= 11 is 1.38. The molecular weight excluding hydrogens is 432 g/mol. The third-order valence-corrected chi connectivity index (χ3v) is 6.34. The van der Waals surface area contributed by atoms with Crippen LogP contribution in [0.5, 0.6) is 0 Å². The fourth-order valence-electron chi connectivity index (χ4n) is 3.43. The maximum Gasteiger partial charge on any atom is 0.238 e. The van der Waals surface area contributed by atoms with Gasteiger partial charge in [0, 0.05) is 23.4 Å². The summed E-state index contributed by atoms with van der Waals surface area (Å²) in [6.45, 7) is 10.0. The van der Waals surface area contributed by atoms with Gasteiger partial charge >= 0.3 is 0 Å². The minimum absolute atomic E-state index is 0.113. The zero-order chi connectivity index (χ0) is 23.5. The largest absolute Gasteiger partial charge is 0.310 e. The van der Waals surface area contributed by atoms with E-state index in [4.69, 9.17) is 0 Å². The topological polar surface area (TPSA) is 77.6 Å². The van der Waals surface area contributed by atoms with Gasteiger partial charge in [-0.25, -0.2) is 4.68 Å². The minimum Gasteiger partial charge on any atom is -0.310 e. The van der Waals surface area contributed by atoms with Crippen molar-refractivity contribution >= 4 is 23.5 Å². The Morgan fingerprint density at radius 1 is 0.909 bits per heavy atom. The molecule has 0 bridgehead atoms. The number of carbonyl (C=O) groups is 1. The van der Waals surface area contributed by atoms with Crippen LogP contribution in [0.1, 0.15) is 37.9 Å². The van der Waals surface area contributed by atoms with Crippen molar-refractivity contribution in [3.63, 3.8) is 0 Å². The Balaban J connectivity index is 1.64. The van der Waals surface area contributed by atoms with E-state index < -0.39 is 0 Å². The van der Waals surface area contributed by atoms with Gasteiger partial charge in [0.25, 0.3) is 0 Å². The van der Waals surface area contributed by atoms with Gasteiger partial charge in [0.1, 0.15) is 5.82 Å². The number of hydrogen-bond donors (Lipinski definition) is 1. The van der Waals surface area contributed by atoms with Crippen LogP contribution in [0.2, 0.25) is 0 Å². The van der Waals surface area contributed by atoms with Crippen molar-refractivity contribution in [3.8, 4) is 17.1 Å². The SMILES string of the molecule is Cc1ccc(-c2nnc(SC(C)C(=O)Nc3ccnn3C(C)C)n2-c2ccc(C)cc2)cc1. The number of rotatable bonds is 7. The van der Waals surface area contributed by atoms with Crippen LogP contribution in [0.4, 0.5) is 5.82 Å². The van der Waals surface area contributed by atoms with Gasteiger partial charge in [-0.15, -0.1) is 10.2 Å². The highest BCUT2D eigenvalue weighted by Crippen LogP contribution is 2.31. The van der Waals surface area contributed by atoms with Crippen molar-refractivity contribution in [2.75, 3.05) is 5.32 Å². The molecule has 170 valence electrons. The first-order valence-corrected chi connectivity index (χ1v) is 11.8. The van der Waals surface area contributed by atoms with Gasteiger partial charge in [0.15, 0.2) is 11.0 Å². The maximum absolute atomic E-state index is 13.0. The lowest BCUT2D eigenvalue weighted by atomic mass is 10.1. The molecule has 7 nitrogen and oxygen atoms in total. The molecule has 2 aromatic carbocycles. The predicted molar refractivity (Wildman–Crippen MR) is 133 cm³/mol. The zero-order valence-corrected chi connectivity index (χ0v) is 20.3. The molecule has 4 aromatic rings. The smallest absolute Gasteiger partial charge is 0.238 e. The summed E-state index contributed by atoms with van der Waals surface area (Å²) in [5, 5.41) is 16.5. The average molecular weight is 461 g/mol. The number of nitrogens with one attached hydrogen (secondary N) is 1. The van der Waals surface area contributed by atoms with E-state index >= 15 is 0 Å². The molecule has 4 rings (SSSR count). The van der Waals surface area contributed by atoms with E-state index in [9.17, 15) is 4.79 Å². The second kappa shape index (κ2) is 9.62. The Morgan fingerprint density at radius 3 is 2.18 bits per heavy atom. The Labute approximate surface area is 198 Å². The molecular formula is C25H28N6OS. The molecule has 2 aromatic heterocycles. The molecule has 2 heterocycles. The minimum atomic E-state index is -0.389. The van der Waals surface area contributed by atoms with E-state index in [2.05, 4.69) is 58.7 Å². The van der Waals surface area contributed by atoms with Gasteiger partial charge in [-0.05, 0) is 46.8 Å². The molecule has 33 heavy (non-hydrogen) atoms. The number of hydrogen-bond acceptors (Lipinski definition) is 5. The fraction of sp³-hybridized carbons (Fsp3) is 0.280. The standard InChI is InChI=1S/C25H28N6OS/c1-16(2)31-22(14-15-26-31)27-24(32)19(5)33-25-29-28-23(20-10-6-17(3)7-11-20)30(25)21-12-8-18(4)9-13-21/h6-16,19H,1-5H3,(H,27,32). The molecule has 1 atom stereocenters. The van der Waals surface area contributed by atoms with Crippen LogP contribution in [0.25, 0.3) is 17.1 Å². The highest BCUT2D eigenvalue weighted by Gasteiger charge is 2.23. The van der Waals surface area contributed by atoms with Crippen molar-refractivity contribution in [2.45, 2.75) is 51.1 Å². The first kappa shape index (κ1) is 22.8. The number of thioether (sulfide) groups is 1. The molecule has 0 fully saturated rings. The maximum atomic E-state index is 13.0. The van der Waals surface area contributed by atoms with Crippen LogP contribution in [-0.4, -0.2) is 35.7 Å². The number of carbonyl (C=O) groups excluding carboxylic acids is 1. The van der Waals surface area contributed by atoms with E-state index in [-0.39, 0.29) is 17.2 Å². The summed E-state index contributed by atoms with van der Waals surface area (Å²) in [6.07, 6.45) is 1.69. The molecule has 0 aliphatic carbocycles. The van der Waals surface area contributed by atoms with Crippen LogP contribution in [0, 0.1) is 13.8 Å². The fourth-order valence-corrected chi connectivity index (χ4v) is 4.29. The van der Waals surface area contributed by atoms with E-state index in [1.807, 2.05) is 49.6 Å². The van der Waals surface area contributed by atoms with E-state index in [0.717, 1.165) is 17.1 Å². The molecule has 0 aliphatic heterocycles. The number of anilines is 1. The summed E-state index contributed by atoms with van der Waals surface area (Å²) < 4.78 is 3.80. The third kappa shape index (κ3) is 5.01. The Bertz CT molecular complexity index is 1240. The summed E-state index contributed by atoms with van der Waals surface area (Å²) in [4.78, 5) is 13.0. The second-order valence-corrected chi connectivity index (χ2v) is 9.66. The monoisotopic (exact) mass is 460 g/mol. The van der Waals surface area contributed by atoms with Gasteiger partial charge in [0.2, 0.25) is 5.91 Å². The molecule has 0 saturated carbocycles. The molecule has 1 N–H and O–H groups in total. The molecule has 0 aliphatic rings. The molecule has 0 spiro atoms. The van der Waals surface area contributed by atoms with Crippen LogP contribution < -0.4 is 5.32 Å². The molecule has 0 saturated heterocycles. The Hall–Kier alpha value is -3.39. The second-order valence-electron chi connectivity index (χ2n) is 8.35.